The summed E-state index contributed by atoms with van der Waals surface area (Å²) in [5, 5.41) is -0.168. The SMILES string of the molecule is C=C1CC[C@@H]2[C@](C)(COC(C)=O)[C@H](OC(C)=O)CC[C@@]2(C)[C@@H]1C[C@H](SC(=S)N1CCOCC1)C1=CCOC1=O. The molecule has 6 atom stereocenters. The molecule has 0 unspecified atom stereocenters. The molecule has 3 fully saturated rings. The first kappa shape index (κ1) is 30.1. The van der Waals surface area contributed by atoms with Crippen LogP contribution in [0.15, 0.2) is 23.8 Å². The monoisotopic (exact) mass is 579 g/mol. The average Bonchev–Trinajstić information content (AvgIpc) is 3.32. The Morgan fingerprint density at radius 3 is 2.56 bits per heavy atom. The summed E-state index contributed by atoms with van der Waals surface area (Å²) in [7, 11) is 0. The molecule has 0 aromatic carbocycles. The lowest BCUT2D eigenvalue weighted by molar-refractivity contribution is -0.191. The van der Waals surface area contributed by atoms with Crippen LogP contribution in [-0.4, -0.2) is 78.0 Å². The number of hydrogen-bond acceptors (Lipinski definition) is 9. The molecule has 2 aliphatic heterocycles. The topological polar surface area (TPSA) is 91.4 Å². The maximum Gasteiger partial charge on any atom is 0.335 e. The number of carbonyl (C=O) groups excluding carboxylic acids is 3. The van der Waals surface area contributed by atoms with Gasteiger partial charge in [0.05, 0.1) is 18.8 Å². The predicted octanol–water partition coefficient (Wildman–Crippen LogP) is 4.46. The van der Waals surface area contributed by atoms with Gasteiger partial charge in [-0.2, -0.15) is 0 Å². The summed E-state index contributed by atoms with van der Waals surface area (Å²) in [5.41, 5.74) is 1.11. The van der Waals surface area contributed by atoms with E-state index in [0.717, 1.165) is 36.7 Å². The van der Waals surface area contributed by atoms with Gasteiger partial charge in [0.25, 0.3) is 0 Å². The van der Waals surface area contributed by atoms with Crippen molar-refractivity contribution in [3.8, 4) is 0 Å². The molecule has 4 rings (SSSR count). The number of ether oxygens (including phenoxy) is 4. The van der Waals surface area contributed by atoms with Gasteiger partial charge in [-0.3, -0.25) is 9.59 Å². The van der Waals surface area contributed by atoms with E-state index in [1.165, 1.54) is 19.4 Å². The molecule has 216 valence electrons. The molecule has 0 aromatic heterocycles. The molecule has 0 radical (unpaired) electrons. The van der Waals surface area contributed by atoms with Crippen molar-refractivity contribution in [1.82, 2.24) is 4.90 Å². The zero-order valence-corrected chi connectivity index (χ0v) is 25.1. The van der Waals surface area contributed by atoms with Crippen LogP contribution in [0.1, 0.15) is 59.8 Å². The number of hydrogen-bond donors (Lipinski definition) is 0. The first-order valence-electron chi connectivity index (χ1n) is 13.8. The third-order valence-electron chi connectivity index (χ3n) is 9.27. The van der Waals surface area contributed by atoms with E-state index in [0.29, 0.717) is 31.6 Å². The van der Waals surface area contributed by atoms with Crippen LogP contribution in [0.4, 0.5) is 0 Å². The number of nitrogens with zero attached hydrogens (tertiary/aromatic N) is 1. The minimum atomic E-state index is -0.541. The van der Waals surface area contributed by atoms with Gasteiger partial charge in [-0.05, 0) is 55.4 Å². The molecule has 4 aliphatic rings. The second-order valence-electron chi connectivity index (χ2n) is 11.7. The molecule has 0 N–H and O–H groups in total. The number of morpholine rings is 1. The van der Waals surface area contributed by atoms with Gasteiger partial charge in [-0.25, -0.2) is 4.79 Å². The Hall–Kier alpha value is -1.91. The fourth-order valence-electron chi connectivity index (χ4n) is 7.28. The first-order chi connectivity index (χ1) is 18.5. The highest BCUT2D eigenvalue weighted by molar-refractivity contribution is 8.23. The van der Waals surface area contributed by atoms with E-state index < -0.39 is 5.41 Å². The number of rotatable bonds is 7. The average molecular weight is 580 g/mol. The summed E-state index contributed by atoms with van der Waals surface area (Å²) in [6.07, 6.45) is 5.44. The number of cyclic esters (lactones) is 1. The van der Waals surface area contributed by atoms with Gasteiger partial charge in [-0.1, -0.05) is 50.0 Å². The number of allylic oxidation sites excluding steroid dienone is 1. The van der Waals surface area contributed by atoms with Gasteiger partial charge in [-0.15, -0.1) is 0 Å². The number of thioether (sulfide) groups is 1. The highest BCUT2D eigenvalue weighted by Crippen LogP contribution is 2.63. The van der Waals surface area contributed by atoms with E-state index in [1.807, 2.05) is 6.08 Å². The van der Waals surface area contributed by atoms with Crippen molar-refractivity contribution in [1.29, 1.82) is 0 Å². The fourth-order valence-corrected chi connectivity index (χ4v) is 9.00. The number of fused-ring (bicyclic) bond motifs is 1. The standard InChI is InChI=1S/C29H41NO7S2/c1-18-6-7-24-28(4,10-8-25(37-20(3)32)29(24,5)17-36-19(2)31)22(18)16-23(21-9-13-35-26(21)33)39-27(38)30-11-14-34-15-12-30/h9,22-25H,1,6-8,10-17H2,2-5H3/t22-,23+,24+,25-,28+,29+/m1/s1. The van der Waals surface area contributed by atoms with Crippen molar-refractivity contribution in [3.63, 3.8) is 0 Å². The molecule has 39 heavy (non-hydrogen) atoms. The van der Waals surface area contributed by atoms with Crippen LogP contribution < -0.4 is 0 Å². The van der Waals surface area contributed by atoms with E-state index in [2.05, 4.69) is 25.3 Å². The van der Waals surface area contributed by atoms with Crippen molar-refractivity contribution < 1.29 is 33.3 Å². The van der Waals surface area contributed by atoms with Crippen molar-refractivity contribution >= 4 is 46.2 Å². The van der Waals surface area contributed by atoms with Gasteiger partial charge in [0.15, 0.2) is 0 Å². The first-order valence-corrected chi connectivity index (χ1v) is 15.1. The summed E-state index contributed by atoms with van der Waals surface area (Å²) in [6.45, 7) is 15.0. The number of carbonyl (C=O) groups is 3. The minimum absolute atomic E-state index is 0.102. The predicted molar refractivity (Wildman–Crippen MR) is 153 cm³/mol. The van der Waals surface area contributed by atoms with Crippen molar-refractivity contribution in [2.75, 3.05) is 39.5 Å². The molecule has 10 heteroatoms. The van der Waals surface area contributed by atoms with E-state index in [-0.39, 0.29) is 59.7 Å². The summed E-state index contributed by atoms with van der Waals surface area (Å²) in [6, 6.07) is 0. The Balaban J connectivity index is 1.63. The van der Waals surface area contributed by atoms with Gasteiger partial charge in [0.1, 0.15) is 23.6 Å². The molecule has 2 saturated carbocycles. The zero-order chi connectivity index (χ0) is 28.4. The Morgan fingerprint density at radius 2 is 1.95 bits per heavy atom. The molecule has 2 heterocycles. The van der Waals surface area contributed by atoms with Gasteiger partial charge in [0.2, 0.25) is 0 Å². The Labute approximate surface area is 241 Å². The van der Waals surface area contributed by atoms with Crippen LogP contribution >= 0.6 is 24.0 Å². The normalized spacial score (nSPS) is 33.5. The highest BCUT2D eigenvalue weighted by atomic mass is 32.2. The van der Waals surface area contributed by atoms with Crippen LogP contribution in [-0.2, 0) is 33.3 Å². The summed E-state index contributed by atoms with van der Waals surface area (Å²) in [5.74, 6) is -0.723. The quantitative estimate of drug-likeness (QED) is 0.186. The Bertz CT molecular complexity index is 1040. The van der Waals surface area contributed by atoms with E-state index >= 15 is 0 Å². The Kier molecular flexibility index (Phi) is 9.49. The third-order valence-corrected chi connectivity index (χ3v) is 11.0. The number of esters is 3. The third kappa shape index (κ3) is 6.38. The zero-order valence-electron chi connectivity index (χ0n) is 23.5. The Morgan fingerprint density at radius 1 is 1.23 bits per heavy atom. The van der Waals surface area contributed by atoms with Crippen LogP contribution in [0.5, 0.6) is 0 Å². The van der Waals surface area contributed by atoms with E-state index in [4.69, 9.17) is 31.2 Å². The highest BCUT2D eigenvalue weighted by Gasteiger charge is 2.60. The lowest BCUT2D eigenvalue weighted by Gasteiger charge is -2.60. The summed E-state index contributed by atoms with van der Waals surface area (Å²) < 4.78 is 23.0. The van der Waals surface area contributed by atoms with Crippen LogP contribution in [0, 0.1) is 22.7 Å². The molecule has 0 amide bonds. The molecular formula is C29H41NO7S2. The second-order valence-corrected chi connectivity index (χ2v) is 13.5. The summed E-state index contributed by atoms with van der Waals surface area (Å²) in [4.78, 5) is 38.8. The van der Waals surface area contributed by atoms with Crippen molar-refractivity contribution in [2.24, 2.45) is 22.7 Å². The van der Waals surface area contributed by atoms with E-state index in [9.17, 15) is 14.4 Å². The maximum absolute atomic E-state index is 12.8. The molecular weight excluding hydrogens is 538 g/mol. The number of thiocarbonyl (C=S) groups is 1. The van der Waals surface area contributed by atoms with E-state index in [1.54, 1.807) is 11.8 Å². The summed E-state index contributed by atoms with van der Waals surface area (Å²) >= 11 is 7.41. The lowest BCUT2D eigenvalue weighted by atomic mass is 9.46. The molecule has 2 aliphatic carbocycles. The van der Waals surface area contributed by atoms with Crippen molar-refractivity contribution in [2.45, 2.75) is 71.2 Å². The van der Waals surface area contributed by atoms with Gasteiger partial charge in [0, 0.05) is 37.6 Å². The van der Waals surface area contributed by atoms with Crippen LogP contribution in [0.2, 0.25) is 0 Å². The van der Waals surface area contributed by atoms with Crippen molar-refractivity contribution in [3.05, 3.63) is 23.8 Å². The smallest absolute Gasteiger partial charge is 0.335 e. The van der Waals surface area contributed by atoms with Crippen LogP contribution in [0.3, 0.4) is 0 Å². The minimum Gasteiger partial charge on any atom is -0.465 e. The van der Waals surface area contributed by atoms with Gasteiger partial charge >= 0.3 is 17.9 Å². The maximum atomic E-state index is 12.8. The molecule has 0 aromatic rings. The van der Waals surface area contributed by atoms with Crippen LogP contribution in [0.25, 0.3) is 0 Å². The molecule has 0 bridgehead atoms. The molecule has 0 spiro atoms. The van der Waals surface area contributed by atoms with Gasteiger partial charge < -0.3 is 23.8 Å². The largest absolute Gasteiger partial charge is 0.465 e. The second kappa shape index (κ2) is 12.3. The molecule has 8 nitrogen and oxygen atoms in total. The lowest BCUT2D eigenvalue weighted by Crippen LogP contribution is -2.59. The molecule has 1 saturated heterocycles. The fraction of sp³-hybridized carbons (Fsp3) is 0.724.